The van der Waals surface area contributed by atoms with Gasteiger partial charge in [-0.2, -0.15) is 0 Å². The Morgan fingerprint density at radius 2 is 2.11 bits per heavy atom. The Kier molecular flexibility index (Phi) is 3.90. The van der Waals surface area contributed by atoms with E-state index in [1.807, 2.05) is 0 Å². The molecule has 18 heavy (non-hydrogen) atoms. The highest BCUT2D eigenvalue weighted by Crippen LogP contribution is 2.33. The number of carbonyl (C=O) groups is 2. The third-order valence-electron chi connectivity index (χ3n) is 2.88. The molecule has 1 saturated heterocycles. The Labute approximate surface area is 107 Å². The topological polar surface area (TPSA) is 69.7 Å². The van der Waals surface area contributed by atoms with E-state index in [1.165, 1.54) is 4.90 Å². The van der Waals surface area contributed by atoms with E-state index in [0.29, 0.717) is 19.4 Å². The number of likely N-dealkylation sites (tertiary alicyclic amines) is 1. The number of hydrogen-bond acceptors (Lipinski definition) is 4. The normalized spacial score (nSPS) is 23.6. The minimum atomic E-state index is -1.42. The Morgan fingerprint density at radius 1 is 1.50 bits per heavy atom. The summed E-state index contributed by atoms with van der Waals surface area (Å²) in [5, 5.41) is 11.3. The van der Waals surface area contributed by atoms with E-state index in [9.17, 15) is 14.7 Å². The number of carbonyl (C=O) groups excluding carboxylic acids is 2. The van der Waals surface area contributed by atoms with E-state index in [0.717, 1.165) is 0 Å². The summed E-state index contributed by atoms with van der Waals surface area (Å²) in [6.07, 6.45) is 5.37. The first-order valence-electron chi connectivity index (χ1n) is 5.88. The number of nitrogens with zero attached hydrogens (tertiary/aromatic N) is 1. The van der Waals surface area contributed by atoms with Gasteiger partial charge >= 0.3 is 6.09 Å². The number of aliphatic carboxylic acids is 1. The lowest BCUT2D eigenvalue weighted by atomic mass is 9.93. The van der Waals surface area contributed by atoms with Crippen molar-refractivity contribution in [2.45, 2.75) is 51.2 Å². The third kappa shape index (κ3) is 2.76. The van der Waals surface area contributed by atoms with Gasteiger partial charge in [0.05, 0.1) is 11.5 Å². The minimum absolute atomic E-state index is 0.0609. The van der Waals surface area contributed by atoms with E-state index in [4.69, 9.17) is 11.2 Å². The van der Waals surface area contributed by atoms with Crippen LogP contribution in [0, 0.1) is 12.3 Å². The van der Waals surface area contributed by atoms with Crippen molar-refractivity contribution in [2.24, 2.45) is 0 Å². The molecule has 1 amide bonds. The van der Waals surface area contributed by atoms with Crippen LogP contribution in [0.15, 0.2) is 0 Å². The van der Waals surface area contributed by atoms with Gasteiger partial charge in [-0.1, -0.05) is 0 Å². The molecule has 1 atom stereocenters. The van der Waals surface area contributed by atoms with Gasteiger partial charge in [0.1, 0.15) is 5.60 Å². The smallest absolute Gasteiger partial charge is 0.411 e. The van der Waals surface area contributed by atoms with Gasteiger partial charge in [-0.15, -0.1) is 12.3 Å². The summed E-state index contributed by atoms with van der Waals surface area (Å²) < 4.78 is 5.20. The van der Waals surface area contributed by atoms with Crippen molar-refractivity contribution in [1.82, 2.24) is 4.90 Å². The van der Waals surface area contributed by atoms with Crippen LogP contribution >= 0.6 is 0 Å². The fourth-order valence-electron chi connectivity index (χ4n) is 2.10. The summed E-state index contributed by atoms with van der Waals surface area (Å²) in [6, 6.07) is 0. The van der Waals surface area contributed by atoms with Gasteiger partial charge in [0.25, 0.3) is 0 Å². The van der Waals surface area contributed by atoms with Crippen LogP contribution < -0.4 is 5.11 Å². The molecule has 0 aliphatic carbocycles. The Hall–Kier alpha value is -1.70. The van der Waals surface area contributed by atoms with Gasteiger partial charge in [0.15, 0.2) is 0 Å². The number of carboxylic acids is 1. The average molecular weight is 252 g/mol. The highest BCUT2D eigenvalue weighted by atomic mass is 16.6. The first kappa shape index (κ1) is 14.4. The standard InChI is InChI=1S/C13H19NO4/c1-5-7-13(10(15)16)8-6-9-14(13)11(17)18-12(2,3)4/h1H,6-9H2,2-4H3,(H,15,16)/p-1/t13-/m1/s1. The lowest BCUT2D eigenvalue weighted by Gasteiger charge is -2.38. The quantitative estimate of drug-likeness (QED) is 0.672. The van der Waals surface area contributed by atoms with E-state index < -0.39 is 23.2 Å². The molecule has 1 aliphatic heterocycles. The molecule has 100 valence electrons. The highest BCUT2D eigenvalue weighted by Gasteiger charge is 2.46. The predicted octanol–water partition coefficient (Wildman–Crippen LogP) is 0.529. The maximum absolute atomic E-state index is 12.0. The summed E-state index contributed by atoms with van der Waals surface area (Å²) in [5.74, 6) is 0.993. The zero-order valence-electron chi connectivity index (χ0n) is 11.0. The molecule has 0 aromatic carbocycles. The molecule has 0 unspecified atom stereocenters. The second kappa shape index (κ2) is 4.89. The van der Waals surface area contributed by atoms with Gasteiger partial charge in [-0.3, -0.25) is 4.90 Å². The van der Waals surface area contributed by atoms with Gasteiger partial charge in [0, 0.05) is 13.0 Å². The van der Waals surface area contributed by atoms with Crippen LogP contribution in [-0.2, 0) is 9.53 Å². The number of rotatable bonds is 2. The van der Waals surface area contributed by atoms with Crippen molar-refractivity contribution in [1.29, 1.82) is 0 Å². The van der Waals surface area contributed by atoms with Crippen LogP contribution in [0.4, 0.5) is 4.79 Å². The monoisotopic (exact) mass is 252 g/mol. The predicted molar refractivity (Wildman–Crippen MR) is 63.4 cm³/mol. The molecular weight excluding hydrogens is 234 g/mol. The Bertz CT molecular complexity index is 391. The first-order chi connectivity index (χ1) is 8.23. The minimum Gasteiger partial charge on any atom is -0.548 e. The molecule has 0 aromatic heterocycles. The van der Waals surface area contributed by atoms with Gasteiger partial charge in [-0.05, 0) is 33.6 Å². The van der Waals surface area contributed by atoms with Crippen molar-refractivity contribution in [3.63, 3.8) is 0 Å². The number of hydrogen-bond donors (Lipinski definition) is 0. The molecule has 0 N–H and O–H groups in total. The second-order valence-corrected chi connectivity index (χ2v) is 5.44. The molecule has 5 nitrogen and oxygen atoms in total. The fraction of sp³-hybridized carbons (Fsp3) is 0.692. The van der Waals surface area contributed by atoms with Crippen LogP contribution in [0.2, 0.25) is 0 Å². The number of ether oxygens (including phenoxy) is 1. The molecular formula is C13H18NO4-. The molecule has 0 saturated carbocycles. The number of carboxylic acid groups (broad SMARTS) is 1. The summed E-state index contributed by atoms with van der Waals surface area (Å²) in [5.41, 5.74) is -2.09. The average Bonchev–Trinajstić information content (AvgIpc) is 2.60. The van der Waals surface area contributed by atoms with Crippen molar-refractivity contribution >= 4 is 12.1 Å². The zero-order valence-corrected chi connectivity index (χ0v) is 11.0. The largest absolute Gasteiger partial charge is 0.548 e. The van der Waals surface area contributed by atoms with Crippen molar-refractivity contribution in [2.75, 3.05) is 6.54 Å². The van der Waals surface area contributed by atoms with Gasteiger partial charge < -0.3 is 14.6 Å². The second-order valence-electron chi connectivity index (χ2n) is 5.44. The Morgan fingerprint density at radius 3 is 2.56 bits per heavy atom. The zero-order chi connectivity index (χ0) is 14.0. The molecule has 1 rings (SSSR count). The number of amides is 1. The van der Waals surface area contributed by atoms with Gasteiger partial charge in [-0.25, -0.2) is 4.79 Å². The van der Waals surface area contributed by atoms with Crippen molar-refractivity contribution in [3.8, 4) is 12.3 Å². The van der Waals surface area contributed by atoms with Crippen LogP contribution in [0.25, 0.3) is 0 Å². The summed E-state index contributed by atoms with van der Waals surface area (Å²) in [6.45, 7) is 5.50. The van der Waals surface area contributed by atoms with Gasteiger partial charge in [0.2, 0.25) is 0 Å². The van der Waals surface area contributed by atoms with E-state index in [2.05, 4.69) is 5.92 Å². The Balaban J connectivity index is 2.96. The fourth-order valence-corrected chi connectivity index (χ4v) is 2.10. The third-order valence-corrected chi connectivity index (χ3v) is 2.88. The molecule has 0 aromatic rings. The first-order valence-corrected chi connectivity index (χ1v) is 5.88. The molecule has 0 spiro atoms. The summed E-state index contributed by atoms with van der Waals surface area (Å²) >= 11 is 0. The van der Waals surface area contributed by atoms with Crippen molar-refractivity contribution in [3.05, 3.63) is 0 Å². The lowest BCUT2D eigenvalue weighted by molar-refractivity contribution is -0.317. The van der Waals surface area contributed by atoms with Crippen LogP contribution in [0.3, 0.4) is 0 Å². The highest BCUT2D eigenvalue weighted by molar-refractivity contribution is 5.84. The SMILES string of the molecule is C#CC[C@]1(C(=O)[O-])CCCN1C(=O)OC(C)(C)C. The van der Waals surface area contributed by atoms with Crippen molar-refractivity contribution < 1.29 is 19.4 Å². The molecule has 1 aliphatic rings. The van der Waals surface area contributed by atoms with Crippen LogP contribution in [-0.4, -0.2) is 34.6 Å². The summed E-state index contributed by atoms with van der Waals surface area (Å²) in [4.78, 5) is 24.5. The lowest BCUT2D eigenvalue weighted by Crippen LogP contribution is -2.59. The maximum Gasteiger partial charge on any atom is 0.411 e. The van der Waals surface area contributed by atoms with E-state index in [-0.39, 0.29) is 6.42 Å². The molecule has 1 heterocycles. The summed E-state index contributed by atoms with van der Waals surface area (Å²) in [7, 11) is 0. The van der Waals surface area contributed by atoms with Crippen LogP contribution in [0.1, 0.15) is 40.0 Å². The molecule has 1 fully saturated rings. The number of terminal acetylenes is 1. The van der Waals surface area contributed by atoms with E-state index >= 15 is 0 Å². The van der Waals surface area contributed by atoms with E-state index in [1.54, 1.807) is 20.8 Å². The van der Waals surface area contributed by atoms with Crippen LogP contribution in [0.5, 0.6) is 0 Å². The molecule has 0 radical (unpaired) electrons. The maximum atomic E-state index is 12.0. The molecule has 0 bridgehead atoms. The molecule has 5 heteroatoms.